The Balaban J connectivity index is 1.62. The van der Waals surface area contributed by atoms with Crippen LogP contribution in [0.2, 0.25) is 0 Å². The Kier molecular flexibility index (Phi) is 10.3. The Bertz CT molecular complexity index is 2090. The van der Waals surface area contributed by atoms with Gasteiger partial charge < -0.3 is 5.32 Å². The van der Waals surface area contributed by atoms with Crippen molar-refractivity contribution in [1.29, 1.82) is 0 Å². The van der Waals surface area contributed by atoms with E-state index >= 15 is 0 Å². The van der Waals surface area contributed by atoms with Crippen LogP contribution in [0, 0.1) is 16.7 Å². The van der Waals surface area contributed by atoms with Crippen molar-refractivity contribution in [2.45, 2.75) is 54.9 Å². The third-order valence-corrected chi connectivity index (χ3v) is 10.1. The lowest BCUT2D eigenvalue weighted by Gasteiger charge is -2.44. The molecule has 1 N–H and O–H groups in total. The van der Waals surface area contributed by atoms with Crippen LogP contribution < -0.4 is 15.8 Å². The van der Waals surface area contributed by atoms with Gasteiger partial charge >= 0.3 is 0 Å². The highest BCUT2D eigenvalue weighted by Crippen LogP contribution is 2.51. The number of benzene rings is 3. The van der Waals surface area contributed by atoms with Crippen molar-refractivity contribution in [3.8, 4) is 0 Å². The molecule has 0 fully saturated rings. The summed E-state index contributed by atoms with van der Waals surface area (Å²) >= 11 is 0. The first-order chi connectivity index (χ1) is 22.9. The van der Waals surface area contributed by atoms with Crippen LogP contribution in [0.1, 0.15) is 75.6 Å². The predicted molar refractivity (Wildman–Crippen MR) is 203 cm³/mol. The smallest absolute Gasteiger partial charge is 0.189 e. The van der Waals surface area contributed by atoms with E-state index in [9.17, 15) is 9.59 Å². The maximum atomic E-state index is 13.8. The lowest BCUT2D eigenvalue weighted by Crippen LogP contribution is -2.35. The van der Waals surface area contributed by atoms with Gasteiger partial charge in [-0.25, -0.2) is 0 Å². The van der Waals surface area contributed by atoms with Crippen molar-refractivity contribution < 1.29 is 9.59 Å². The first-order valence-corrected chi connectivity index (χ1v) is 16.8. The molecule has 0 saturated heterocycles. The summed E-state index contributed by atoms with van der Waals surface area (Å²) in [6.45, 7) is 15.3. The van der Waals surface area contributed by atoms with Crippen molar-refractivity contribution >= 4 is 35.1 Å². The van der Waals surface area contributed by atoms with E-state index in [2.05, 4.69) is 119 Å². The molecule has 3 heteroatoms. The molecule has 3 nitrogen and oxygen atoms in total. The van der Waals surface area contributed by atoms with Crippen molar-refractivity contribution in [3.05, 3.63) is 165 Å². The molecule has 1 aliphatic heterocycles. The summed E-state index contributed by atoms with van der Waals surface area (Å²) in [5.41, 5.74) is 5.66. The molecule has 0 aromatic heterocycles. The Morgan fingerprint density at radius 2 is 1.60 bits per heavy atom. The summed E-state index contributed by atoms with van der Waals surface area (Å²) in [6.07, 6.45) is 25.4. The maximum Gasteiger partial charge on any atom is 0.189 e. The van der Waals surface area contributed by atoms with E-state index in [1.165, 1.54) is 16.7 Å². The first kappa shape index (κ1) is 34.3. The largest absolute Gasteiger partial charge is 0.361 e. The van der Waals surface area contributed by atoms with Gasteiger partial charge in [0.2, 0.25) is 0 Å². The van der Waals surface area contributed by atoms with Gasteiger partial charge in [0, 0.05) is 23.0 Å². The number of ketones is 1. The molecule has 3 aromatic rings. The summed E-state index contributed by atoms with van der Waals surface area (Å²) in [5, 5.41) is 7.75. The number of fused-ring (bicyclic) bond motifs is 3. The van der Waals surface area contributed by atoms with Gasteiger partial charge in [-0.15, -0.1) is 0 Å². The van der Waals surface area contributed by atoms with Crippen molar-refractivity contribution in [2.75, 3.05) is 0 Å². The minimum atomic E-state index is -0.288. The molecule has 0 spiro atoms. The molecule has 0 radical (unpaired) electrons. The predicted octanol–water partition coefficient (Wildman–Crippen LogP) is 9.49. The fourth-order valence-corrected chi connectivity index (χ4v) is 6.52. The van der Waals surface area contributed by atoms with Gasteiger partial charge in [-0.1, -0.05) is 131 Å². The lowest BCUT2D eigenvalue weighted by atomic mass is 9.60. The number of Topliss-reactive ketones (excluding diaryl/α,β-unsaturated/α-hetero) is 1. The number of allylic oxidation sites excluding steroid dienone is 13. The Hall–Kier alpha value is -5.02. The number of aldehydes is 1. The molecule has 2 aliphatic rings. The zero-order valence-corrected chi connectivity index (χ0v) is 29.3. The van der Waals surface area contributed by atoms with Gasteiger partial charge in [0.15, 0.2) is 12.1 Å². The Morgan fingerprint density at radius 3 is 2.31 bits per heavy atom. The van der Waals surface area contributed by atoms with Crippen LogP contribution in [0.3, 0.4) is 0 Å². The fraction of sp³-hybridized carbons (Fsp3) is 0.244. The van der Waals surface area contributed by atoms with Gasteiger partial charge in [0.1, 0.15) is 0 Å². The minimum Gasteiger partial charge on any atom is -0.361 e. The molecule has 48 heavy (non-hydrogen) atoms. The molecule has 0 bridgehead atoms. The third kappa shape index (κ3) is 7.26. The second-order valence-corrected chi connectivity index (χ2v) is 13.9. The summed E-state index contributed by atoms with van der Waals surface area (Å²) in [7, 11) is 0. The number of carbonyl (C=O) groups is 2. The number of carbonyl (C=O) groups excluding carboxylic acids is 2. The molecular weight excluding hydrogens is 587 g/mol. The van der Waals surface area contributed by atoms with Crippen LogP contribution in [-0.4, -0.2) is 12.1 Å². The molecule has 1 atom stereocenters. The Morgan fingerprint density at radius 1 is 0.917 bits per heavy atom. The number of hydrogen-bond acceptors (Lipinski definition) is 3. The molecule has 244 valence electrons. The normalized spacial score (nSPS) is 22.0. The maximum absolute atomic E-state index is 13.8. The van der Waals surface area contributed by atoms with Crippen molar-refractivity contribution in [2.24, 2.45) is 16.7 Å². The standard InChI is InChI=1S/C45H47NO2/c1-8-9-10-19-39-28-44(4,5)45(6,7)42-25-33(21-23-40(42)31(2)20-22-34-15-11-14-18-37(34)29-46-39)24-32(3)43(48)41-27-36-17-13-12-16-35(36)26-38(41)30-47/h8-20,22-30,33,46H,21H2,1-7H3/b9-8-,19-10-,31-20-,32-24-,34-22-,37-29+,39-28?. The zero-order valence-electron chi connectivity index (χ0n) is 29.3. The molecule has 0 saturated carbocycles. The molecule has 5 rings (SSSR count). The van der Waals surface area contributed by atoms with Crippen molar-refractivity contribution in [1.82, 2.24) is 5.32 Å². The first-order valence-electron chi connectivity index (χ1n) is 16.8. The highest BCUT2D eigenvalue weighted by molar-refractivity contribution is 6.14. The third-order valence-electron chi connectivity index (χ3n) is 10.1. The van der Waals surface area contributed by atoms with E-state index in [4.69, 9.17) is 0 Å². The fourth-order valence-electron chi connectivity index (χ4n) is 6.52. The average molecular weight is 634 g/mol. The van der Waals surface area contributed by atoms with Crippen LogP contribution in [0.15, 0.2) is 143 Å². The highest BCUT2D eigenvalue weighted by atomic mass is 16.1. The van der Waals surface area contributed by atoms with Gasteiger partial charge in [-0.2, -0.15) is 0 Å². The second-order valence-electron chi connectivity index (χ2n) is 13.9. The Labute approximate surface area is 285 Å². The molecular formula is C45H47NO2. The quantitative estimate of drug-likeness (QED) is 0.127. The van der Waals surface area contributed by atoms with Crippen LogP contribution in [0.5, 0.6) is 0 Å². The summed E-state index contributed by atoms with van der Waals surface area (Å²) in [4.78, 5) is 25.9. The SMILES string of the molecule is C/C=C\C=C/C1=CC(C)(C)C(C)(C)C2=CC(/C=C(/C)C(=O)c3cc4ccccc4cc3C=O)CC=C2\C(C)=C/C=c2/cccc/c2=C\N1. The number of nitrogens with one attached hydrogen (secondary N) is 1. The zero-order chi connectivity index (χ0) is 34.5. The topological polar surface area (TPSA) is 46.2 Å². The van der Waals surface area contributed by atoms with E-state index in [1.807, 2.05) is 62.4 Å². The second kappa shape index (κ2) is 14.4. The van der Waals surface area contributed by atoms with Crippen molar-refractivity contribution in [3.63, 3.8) is 0 Å². The van der Waals surface area contributed by atoms with E-state index < -0.39 is 0 Å². The minimum absolute atomic E-state index is 0.0283. The van der Waals surface area contributed by atoms with Gasteiger partial charge in [-0.3, -0.25) is 9.59 Å². The van der Waals surface area contributed by atoms with Crippen LogP contribution in [0.4, 0.5) is 0 Å². The number of hydrogen-bond donors (Lipinski definition) is 1. The van der Waals surface area contributed by atoms with E-state index in [0.29, 0.717) is 16.7 Å². The van der Waals surface area contributed by atoms with E-state index in [0.717, 1.165) is 39.6 Å². The lowest BCUT2D eigenvalue weighted by molar-refractivity contribution is 0.102. The number of rotatable bonds is 6. The van der Waals surface area contributed by atoms with Crippen LogP contribution >= 0.6 is 0 Å². The van der Waals surface area contributed by atoms with Crippen LogP contribution in [0.25, 0.3) is 23.0 Å². The molecule has 3 aromatic carbocycles. The van der Waals surface area contributed by atoms with E-state index in [-0.39, 0.29) is 22.5 Å². The van der Waals surface area contributed by atoms with E-state index in [1.54, 1.807) is 0 Å². The molecule has 1 unspecified atom stereocenters. The summed E-state index contributed by atoms with van der Waals surface area (Å²) < 4.78 is 0. The van der Waals surface area contributed by atoms with Crippen LogP contribution in [-0.2, 0) is 0 Å². The monoisotopic (exact) mass is 633 g/mol. The highest BCUT2D eigenvalue weighted by Gasteiger charge is 2.41. The average Bonchev–Trinajstić information content (AvgIpc) is 3.08. The summed E-state index contributed by atoms with van der Waals surface area (Å²) in [5.74, 6) is -0.0849. The summed E-state index contributed by atoms with van der Waals surface area (Å²) in [6, 6.07) is 19.9. The van der Waals surface area contributed by atoms with Gasteiger partial charge in [-0.05, 0) is 106 Å². The molecule has 1 heterocycles. The van der Waals surface area contributed by atoms with Gasteiger partial charge in [0.25, 0.3) is 0 Å². The molecule has 0 amide bonds. The molecule has 1 aliphatic carbocycles. The van der Waals surface area contributed by atoms with Gasteiger partial charge in [0.05, 0.1) is 0 Å².